The van der Waals surface area contributed by atoms with Crippen LogP contribution in [0.3, 0.4) is 0 Å². The molecule has 112 valence electrons. The Kier molecular flexibility index (Phi) is 3.67. The number of carboxylic acid groups (broad SMARTS) is 1. The van der Waals surface area contributed by atoms with Crippen molar-refractivity contribution in [1.29, 1.82) is 0 Å². The highest BCUT2D eigenvalue weighted by Gasteiger charge is 2.45. The van der Waals surface area contributed by atoms with E-state index in [1.165, 1.54) is 0 Å². The Morgan fingerprint density at radius 2 is 1.64 bits per heavy atom. The molecule has 1 aliphatic rings. The molecule has 4 nitrogen and oxygen atoms in total. The van der Waals surface area contributed by atoms with Crippen molar-refractivity contribution in [3.8, 4) is 0 Å². The first-order valence-electron chi connectivity index (χ1n) is 7.28. The van der Waals surface area contributed by atoms with E-state index in [2.05, 4.69) is 5.32 Å². The summed E-state index contributed by atoms with van der Waals surface area (Å²) in [6, 6.07) is 16.9. The highest BCUT2D eigenvalue weighted by atomic mass is 16.4. The second kappa shape index (κ2) is 5.64. The van der Waals surface area contributed by atoms with Crippen molar-refractivity contribution in [2.24, 2.45) is 0 Å². The summed E-state index contributed by atoms with van der Waals surface area (Å²) in [5.74, 6) is 0.0637. The Morgan fingerprint density at radius 1 is 1.00 bits per heavy atom. The van der Waals surface area contributed by atoms with Crippen LogP contribution in [-0.2, 0) is 12.0 Å². The quantitative estimate of drug-likeness (QED) is 0.831. The molecule has 0 atom stereocenters. The summed E-state index contributed by atoms with van der Waals surface area (Å²) in [5, 5.41) is 11.5. The largest absolute Gasteiger partial charge is 0.465 e. The Labute approximate surface area is 128 Å². The van der Waals surface area contributed by atoms with E-state index in [1.807, 2.05) is 42.5 Å². The molecule has 3 rings (SSSR count). The van der Waals surface area contributed by atoms with Crippen LogP contribution in [-0.4, -0.2) is 17.0 Å². The van der Waals surface area contributed by atoms with E-state index in [1.54, 1.807) is 12.1 Å². The molecule has 0 heterocycles. The van der Waals surface area contributed by atoms with Gasteiger partial charge in [0.25, 0.3) is 0 Å². The molecule has 22 heavy (non-hydrogen) atoms. The number of ketones is 1. The van der Waals surface area contributed by atoms with Gasteiger partial charge in [-0.1, -0.05) is 54.6 Å². The molecule has 2 N–H and O–H groups in total. The van der Waals surface area contributed by atoms with Gasteiger partial charge in [0, 0.05) is 12.0 Å². The number of rotatable bonds is 5. The number of carbonyl (C=O) groups is 2. The summed E-state index contributed by atoms with van der Waals surface area (Å²) in [7, 11) is 0. The first-order chi connectivity index (χ1) is 10.6. The predicted octanol–water partition coefficient (Wildman–Crippen LogP) is 3.37. The topological polar surface area (TPSA) is 66.4 Å². The molecule has 1 saturated carbocycles. The van der Waals surface area contributed by atoms with Gasteiger partial charge in [0.2, 0.25) is 0 Å². The smallest absolute Gasteiger partial charge is 0.405 e. The van der Waals surface area contributed by atoms with Gasteiger partial charge in [-0.15, -0.1) is 0 Å². The molecule has 0 unspecified atom stereocenters. The van der Waals surface area contributed by atoms with Crippen molar-refractivity contribution in [2.75, 3.05) is 0 Å². The Hall–Kier alpha value is -2.62. The molecule has 1 fully saturated rings. The highest BCUT2D eigenvalue weighted by molar-refractivity contribution is 5.97. The van der Waals surface area contributed by atoms with Crippen LogP contribution >= 0.6 is 0 Å². The summed E-state index contributed by atoms with van der Waals surface area (Å²) in [5.41, 5.74) is 2.11. The average molecular weight is 295 g/mol. The van der Waals surface area contributed by atoms with Crippen LogP contribution in [0.1, 0.15) is 34.3 Å². The molecule has 0 aliphatic heterocycles. The minimum atomic E-state index is -1.01. The second-order valence-electron chi connectivity index (χ2n) is 5.68. The number of amides is 1. The second-order valence-corrected chi connectivity index (χ2v) is 5.68. The molecule has 0 radical (unpaired) electrons. The van der Waals surface area contributed by atoms with E-state index in [9.17, 15) is 9.59 Å². The van der Waals surface area contributed by atoms with E-state index in [4.69, 9.17) is 5.11 Å². The Bertz CT molecular complexity index is 688. The van der Waals surface area contributed by atoms with E-state index in [0.717, 1.165) is 24.0 Å². The lowest BCUT2D eigenvalue weighted by Crippen LogP contribution is -2.33. The first-order valence-corrected chi connectivity index (χ1v) is 7.28. The van der Waals surface area contributed by atoms with Gasteiger partial charge in [0.15, 0.2) is 5.78 Å². The summed E-state index contributed by atoms with van der Waals surface area (Å²) in [6.45, 7) is 0. The number of hydrogen-bond donors (Lipinski definition) is 2. The number of Topliss-reactive ketones (excluding diaryl/α,β-unsaturated/α-hetero) is 1. The van der Waals surface area contributed by atoms with Crippen LogP contribution in [0.15, 0.2) is 54.6 Å². The predicted molar refractivity (Wildman–Crippen MR) is 83.0 cm³/mol. The van der Waals surface area contributed by atoms with E-state index in [0.29, 0.717) is 12.0 Å². The lowest BCUT2D eigenvalue weighted by atomic mass is 9.99. The SMILES string of the molecule is O=C(O)NC1(c2ccc(C(=O)Cc3ccccc3)cc2)CC1. The van der Waals surface area contributed by atoms with Crippen molar-refractivity contribution in [3.05, 3.63) is 71.3 Å². The molecule has 2 aromatic carbocycles. The van der Waals surface area contributed by atoms with Crippen molar-refractivity contribution in [2.45, 2.75) is 24.8 Å². The first kappa shape index (κ1) is 14.3. The van der Waals surface area contributed by atoms with Crippen molar-refractivity contribution in [1.82, 2.24) is 5.32 Å². The fraction of sp³-hybridized carbons (Fsp3) is 0.222. The molecule has 0 saturated heterocycles. The molecule has 1 aliphatic carbocycles. The summed E-state index contributed by atoms with van der Waals surface area (Å²) in [6.07, 6.45) is 0.966. The number of nitrogens with one attached hydrogen (secondary N) is 1. The minimum absolute atomic E-state index is 0.0637. The maximum atomic E-state index is 12.3. The fourth-order valence-electron chi connectivity index (χ4n) is 2.67. The van der Waals surface area contributed by atoms with Gasteiger partial charge in [0.05, 0.1) is 5.54 Å². The van der Waals surface area contributed by atoms with Gasteiger partial charge in [-0.05, 0) is 24.0 Å². The molecule has 0 aromatic heterocycles. The molecular formula is C18H17NO3. The van der Waals surface area contributed by atoms with Gasteiger partial charge >= 0.3 is 6.09 Å². The maximum Gasteiger partial charge on any atom is 0.405 e. The van der Waals surface area contributed by atoms with Crippen molar-refractivity contribution >= 4 is 11.9 Å². The van der Waals surface area contributed by atoms with Crippen molar-refractivity contribution < 1.29 is 14.7 Å². The summed E-state index contributed by atoms with van der Waals surface area (Å²) >= 11 is 0. The zero-order chi connectivity index (χ0) is 15.6. The van der Waals surface area contributed by atoms with E-state index >= 15 is 0 Å². The average Bonchev–Trinajstić information content (AvgIpc) is 3.28. The molecule has 0 spiro atoms. The number of carbonyl (C=O) groups excluding carboxylic acids is 1. The lowest BCUT2D eigenvalue weighted by Gasteiger charge is -2.15. The van der Waals surface area contributed by atoms with Gasteiger partial charge < -0.3 is 10.4 Å². The highest BCUT2D eigenvalue weighted by Crippen LogP contribution is 2.45. The third kappa shape index (κ3) is 3.01. The molecular weight excluding hydrogens is 278 g/mol. The third-order valence-corrected chi connectivity index (χ3v) is 4.06. The fourth-order valence-corrected chi connectivity index (χ4v) is 2.67. The van der Waals surface area contributed by atoms with E-state index in [-0.39, 0.29) is 5.78 Å². The van der Waals surface area contributed by atoms with Crippen LogP contribution in [0.25, 0.3) is 0 Å². The van der Waals surface area contributed by atoms with Gasteiger partial charge in [-0.25, -0.2) is 4.79 Å². The monoisotopic (exact) mass is 295 g/mol. The normalized spacial score (nSPS) is 15.1. The summed E-state index contributed by atoms with van der Waals surface area (Å²) < 4.78 is 0. The summed E-state index contributed by atoms with van der Waals surface area (Å²) in [4.78, 5) is 23.1. The minimum Gasteiger partial charge on any atom is -0.465 e. The zero-order valence-corrected chi connectivity index (χ0v) is 12.1. The lowest BCUT2D eigenvalue weighted by molar-refractivity contribution is 0.0993. The molecule has 2 aromatic rings. The van der Waals surface area contributed by atoms with E-state index < -0.39 is 11.6 Å². The van der Waals surface area contributed by atoms with Crippen LogP contribution < -0.4 is 5.32 Å². The van der Waals surface area contributed by atoms with Crippen molar-refractivity contribution in [3.63, 3.8) is 0 Å². The zero-order valence-electron chi connectivity index (χ0n) is 12.1. The molecule has 4 heteroatoms. The van der Waals surface area contributed by atoms with Crippen LogP contribution in [0.4, 0.5) is 4.79 Å². The van der Waals surface area contributed by atoms with Crippen LogP contribution in [0, 0.1) is 0 Å². The van der Waals surface area contributed by atoms with Crippen LogP contribution in [0.2, 0.25) is 0 Å². The standard InChI is InChI=1S/C18H17NO3/c20-16(12-13-4-2-1-3-5-13)14-6-8-15(9-7-14)18(10-11-18)19-17(21)22/h1-9,19H,10-12H2,(H,21,22). The van der Waals surface area contributed by atoms with Gasteiger partial charge in [0.1, 0.15) is 0 Å². The molecule has 1 amide bonds. The third-order valence-electron chi connectivity index (χ3n) is 4.06. The maximum absolute atomic E-state index is 12.3. The number of benzene rings is 2. The molecule has 0 bridgehead atoms. The van der Waals surface area contributed by atoms with Gasteiger partial charge in [-0.3, -0.25) is 4.79 Å². The Balaban J connectivity index is 1.72. The van der Waals surface area contributed by atoms with Gasteiger partial charge in [-0.2, -0.15) is 0 Å². The Morgan fingerprint density at radius 3 is 2.18 bits per heavy atom. The number of hydrogen-bond acceptors (Lipinski definition) is 2. The van der Waals surface area contributed by atoms with Crippen LogP contribution in [0.5, 0.6) is 0 Å².